The molecule has 2 rings (SSSR count). The van der Waals surface area contributed by atoms with Crippen LogP contribution in [0.2, 0.25) is 10.0 Å². The minimum atomic E-state index is -0.312. The lowest BCUT2D eigenvalue weighted by atomic mass is 10.2. The molecule has 0 spiro atoms. The number of guanidine groups is 2. The Morgan fingerprint density at radius 3 is 1.57 bits per heavy atom. The van der Waals surface area contributed by atoms with E-state index in [9.17, 15) is 0 Å². The minimum absolute atomic E-state index is 0.0489. The predicted molar refractivity (Wildman–Crippen MR) is 87.8 cm³/mol. The molecule has 0 amide bonds. The van der Waals surface area contributed by atoms with Crippen LogP contribution in [0.3, 0.4) is 0 Å². The second kappa shape index (κ2) is 6.47. The molecule has 108 valence electrons. The highest BCUT2D eigenvalue weighted by atomic mass is 35.5. The van der Waals surface area contributed by atoms with Gasteiger partial charge in [-0.25, -0.2) is 0 Å². The normalized spacial score (nSPS) is 10.0. The van der Waals surface area contributed by atoms with Gasteiger partial charge < -0.3 is 5.73 Å². The van der Waals surface area contributed by atoms with Gasteiger partial charge in [0, 0.05) is 21.4 Å². The summed E-state index contributed by atoms with van der Waals surface area (Å²) < 4.78 is 0. The smallest absolute Gasteiger partial charge is 0.207 e. The zero-order chi connectivity index (χ0) is 15.4. The van der Waals surface area contributed by atoms with E-state index in [1.165, 1.54) is 0 Å². The van der Waals surface area contributed by atoms with Crippen LogP contribution in [-0.2, 0) is 0 Å². The van der Waals surface area contributed by atoms with E-state index in [0.717, 1.165) is 0 Å². The number of anilines is 2. The van der Waals surface area contributed by atoms with Crippen LogP contribution in [0.25, 0.3) is 0 Å². The van der Waals surface area contributed by atoms with Crippen molar-refractivity contribution >= 4 is 46.5 Å². The van der Waals surface area contributed by atoms with Gasteiger partial charge in [0.15, 0.2) is 5.96 Å². The Hall–Kier alpha value is -2.24. The van der Waals surface area contributed by atoms with Crippen LogP contribution >= 0.6 is 23.2 Å². The molecule has 0 radical (unpaired) electrons. The quantitative estimate of drug-likeness (QED) is 0.503. The lowest BCUT2D eigenvalue weighted by Gasteiger charge is -2.25. The number of nitrogens with zero attached hydrogens (tertiary/aromatic N) is 1. The summed E-state index contributed by atoms with van der Waals surface area (Å²) in [6.07, 6.45) is 0. The minimum Gasteiger partial charge on any atom is -0.370 e. The molecular formula is C14H13Cl2N5. The molecule has 2 aromatic carbocycles. The lowest BCUT2D eigenvalue weighted by Crippen LogP contribution is -2.44. The van der Waals surface area contributed by atoms with Crippen LogP contribution in [-0.4, -0.2) is 11.9 Å². The summed E-state index contributed by atoms with van der Waals surface area (Å²) in [7, 11) is 0. The zero-order valence-corrected chi connectivity index (χ0v) is 12.4. The summed E-state index contributed by atoms with van der Waals surface area (Å²) >= 11 is 11.8. The van der Waals surface area contributed by atoms with E-state index in [-0.39, 0.29) is 11.9 Å². The highest BCUT2D eigenvalue weighted by Gasteiger charge is 2.15. The third kappa shape index (κ3) is 3.87. The number of rotatable bonds is 2. The maximum Gasteiger partial charge on any atom is 0.207 e. The van der Waals surface area contributed by atoms with Crippen molar-refractivity contribution in [2.45, 2.75) is 0 Å². The summed E-state index contributed by atoms with van der Waals surface area (Å²) in [5.41, 5.74) is 6.72. The van der Waals surface area contributed by atoms with Crippen molar-refractivity contribution in [1.29, 1.82) is 10.8 Å². The second-order valence-electron chi connectivity index (χ2n) is 4.18. The van der Waals surface area contributed by atoms with Crippen LogP contribution in [0.15, 0.2) is 48.5 Å². The van der Waals surface area contributed by atoms with Crippen molar-refractivity contribution in [2.75, 3.05) is 4.90 Å². The monoisotopic (exact) mass is 321 g/mol. The third-order valence-electron chi connectivity index (χ3n) is 2.65. The van der Waals surface area contributed by atoms with Gasteiger partial charge in [0.1, 0.15) is 0 Å². The molecule has 0 bridgehead atoms. The number of nitrogens with one attached hydrogen (secondary N) is 3. The molecule has 0 aromatic heterocycles. The summed E-state index contributed by atoms with van der Waals surface area (Å²) in [6.45, 7) is 0. The average Bonchev–Trinajstić information content (AvgIpc) is 2.42. The van der Waals surface area contributed by atoms with Gasteiger partial charge >= 0.3 is 0 Å². The van der Waals surface area contributed by atoms with Gasteiger partial charge in [-0.1, -0.05) is 23.2 Å². The Bertz CT molecular complexity index is 607. The number of hydrogen-bond acceptors (Lipinski definition) is 2. The van der Waals surface area contributed by atoms with Gasteiger partial charge in [-0.05, 0) is 48.5 Å². The molecule has 0 aliphatic carbocycles. The topological polar surface area (TPSA) is 89.0 Å². The molecule has 5 nitrogen and oxygen atoms in total. The van der Waals surface area contributed by atoms with Gasteiger partial charge in [0.05, 0.1) is 0 Å². The van der Waals surface area contributed by atoms with E-state index in [2.05, 4.69) is 5.32 Å². The molecule has 2 aromatic rings. The van der Waals surface area contributed by atoms with Crippen molar-refractivity contribution in [3.05, 3.63) is 58.6 Å². The van der Waals surface area contributed by atoms with Crippen molar-refractivity contribution in [1.82, 2.24) is 5.32 Å². The standard InChI is InChI=1S/C14H13Cl2N5/c15-9-1-5-11(6-2-9)21(14(19)20-13(17)18)12-7-3-10(16)4-8-12/h1-8H,(H5,17,18,19,20). The first-order valence-corrected chi connectivity index (χ1v) is 6.74. The summed E-state index contributed by atoms with van der Waals surface area (Å²) in [5, 5.41) is 19.0. The fourth-order valence-corrected chi connectivity index (χ4v) is 2.02. The van der Waals surface area contributed by atoms with Crippen molar-refractivity contribution < 1.29 is 0 Å². The van der Waals surface area contributed by atoms with E-state index < -0.39 is 0 Å². The molecule has 0 heterocycles. The van der Waals surface area contributed by atoms with E-state index in [4.69, 9.17) is 39.8 Å². The van der Waals surface area contributed by atoms with Crippen molar-refractivity contribution in [3.8, 4) is 0 Å². The van der Waals surface area contributed by atoms with Gasteiger partial charge in [0.2, 0.25) is 5.96 Å². The van der Waals surface area contributed by atoms with E-state index in [1.54, 1.807) is 53.4 Å². The molecule has 21 heavy (non-hydrogen) atoms. The lowest BCUT2D eigenvalue weighted by molar-refractivity contribution is 1.14. The molecule has 0 aliphatic rings. The van der Waals surface area contributed by atoms with Crippen LogP contribution in [0.5, 0.6) is 0 Å². The van der Waals surface area contributed by atoms with Gasteiger partial charge in [0.25, 0.3) is 0 Å². The maximum absolute atomic E-state index is 8.09. The molecule has 0 unspecified atom stereocenters. The van der Waals surface area contributed by atoms with Gasteiger partial charge in [-0.15, -0.1) is 0 Å². The number of hydrogen-bond donors (Lipinski definition) is 4. The summed E-state index contributed by atoms with van der Waals surface area (Å²) in [4.78, 5) is 1.59. The Morgan fingerprint density at radius 2 is 1.24 bits per heavy atom. The van der Waals surface area contributed by atoms with E-state index in [0.29, 0.717) is 21.4 Å². The summed E-state index contributed by atoms with van der Waals surface area (Å²) in [5.74, 6) is -0.361. The Morgan fingerprint density at radius 1 is 0.857 bits per heavy atom. The molecule has 7 heteroatoms. The highest BCUT2D eigenvalue weighted by molar-refractivity contribution is 6.31. The van der Waals surface area contributed by atoms with Gasteiger partial charge in [-0.2, -0.15) is 0 Å². The van der Waals surface area contributed by atoms with Gasteiger partial charge in [-0.3, -0.25) is 21.0 Å². The predicted octanol–water partition coefficient (Wildman–Crippen LogP) is 3.55. The fraction of sp³-hybridized carbons (Fsp3) is 0. The van der Waals surface area contributed by atoms with Crippen molar-refractivity contribution in [3.63, 3.8) is 0 Å². The molecule has 5 N–H and O–H groups in total. The van der Waals surface area contributed by atoms with Crippen LogP contribution in [0.1, 0.15) is 0 Å². The molecule has 0 aliphatic heterocycles. The third-order valence-corrected chi connectivity index (χ3v) is 3.15. The first kappa shape index (κ1) is 15.2. The first-order chi connectivity index (χ1) is 9.97. The number of benzene rings is 2. The average molecular weight is 322 g/mol. The van der Waals surface area contributed by atoms with E-state index in [1.807, 2.05) is 0 Å². The fourth-order valence-electron chi connectivity index (χ4n) is 1.77. The van der Waals surface area contributed by atoms with Crippen molar-refractivity contribution in [2.24, 2.45) is 5.73 Å². The Balaban J connectivity index is 2.43. The number of halogens is 2. The maximum atomic E-state index is 8.09. The summed E-state index contributed by atoms with van der Waals surface area (Å²) in [6, 6.07) is 14.0. The Kier molecular flexibility index (Phi) is 4.67. The molecule has 0 saturated carbocycles. The van der Waals surface area contributed by atoms with Crippen LogP contribution in [0.4, 0.5) is 11.4 Å². The highest BCUT2D eigenvalue weighted by Crippen LogP contribution is 2.27. The molecular weight excluding hydrogens is 309 g/mol. The zero-order valence-electron chi connectivity index (χ0n) is 10.9. The number of nitrogens with two attached hydrogens (primary N) is 1. The second-order valence-corrected chi connectivity index (χ2v) is 5.05. The van der Waals surface area contributed by atoms with Crippen LogP contribution < -0.4 is 16.0 Å². The molecule has 0 fully saturated rings. The Labute approximate surface area is 132 Å². The first-order valence-electron chi connectivity index (χ1n) is 5.98. The largest absolute Gasteiger partial charge is 0.370 e. The van der Waals surface area contributed by atoms with Crippen LogP contribution in [0, 0.1) is 10.8 Å². The SMILES string of the molecule is N=C(N)NC(=N)N(c1ccc(Cl)cc1)c1ccc(Cl)cc1. The molecule has 0 atom stereocenters. The van der Waals surface area contributed by atoms with E-state index >= 15 is 0 Å². The molecule has 0 saturated heterocycles.